The van der Waals surface area contributed by atoms with Crippen molar-refractivity contribution in [3.05, 3.63) is 42.3 Å². The van der Waals surface area contributed by atoms with E-state index in [-0.39, 0.29) is 11.2 Å². The molecule has 1 heterocycles. The van der Waals surface area contributed by atoms with Crippen LogP contribution in [0.2, 0.25) is 0 Å². The average Bonchev–Trinajstić information content (AvgIpc) is 3.25. The molecule has 0 saturated heterocycles. The highest BCUT2D eigenvalue weighted by atomic mass is 32.2. The molecule has 1 aromatic carbocycles. The van der Waals surface area contributed by atoms with E-state index >= 15 is 0 Å². The zero-order valence-electron chi connectivity index (χ0n) is 13.3. The standard InChI is InChI=1S/C18H22N2O2S/c1-13(17(21)19-15-9-5-6-10-15)23-12-16-11-22-18(20-16)14-7-3-2-4-8-14/h2-4,7-8,11,13,15H,5-6,9-10,12H2,1H3,(H,19,21). The van der Waals surface area contributed by atoms with Crippen molar-refractivity contribution in [3.8, 4) is 11.5 Å². The molecule has 4 nitrogen and oxygen atoms in total. The summed E-state index contributed by atoms with van der Waals surface area (Å²) in [4.78, 5) is 16.7. The predicted molar refractivity (Wildman–Crippen MR) is 93.1 cm³/mol. The Kier molecular flexibility index (Phi) is 5.39. The molecule has 0 bridgehead atoms. The lowest BCUT2D eigenvalue weighted by molar-refractivity contribution is -0.120. The molecule has 3 rings (SSSR count). The van der Waals surface area contributed by atoms with Crippen LogP contribution in [0.1, 0.15) is 38.3 Å². The number of thioether (sulfide) groups is 1. The minimum absolute atomic E-state index is 0.0764. The molecule has 0 aliphatic heterocycles. The predicted octanol–water partition coefficient (Wildman–Crippen LogP) is 4.02. The van der Waals surface area contributed by atoms with E-state index in [0.717, 1.165) is 24.1 Å². The Labute approximate surface area is 141 Å². The number of aromatic nitrogens is 1. The van der Waals surface area contributed by atoms with Crippen LogP contribution in [0, 0.1) is 0 Å². The van der Waals surface area contributed by atoms with E-state index < -0.39 is 0 Å². The molecule has 23 heavy (non-hydrogen) atoms. The maximum atomic E-state index is 12.2. The van der Waals surface area contributed by atoms with Crippen LogP contribution in [0.5, 0.6) is 0 Å². The average molecular weight is 330 g/mol. The fourth-order valence-electron chi connectivity index (χ4n) is 2.76. The number of carbonyl (C=O) groups excluding carboxylic acids is 1. The molecule has 1 amide bonds. The first kappa shape index (κ1) is 16.1. The van der Waals surface area contributed by atoms with E-state index in [1.54, 1.807) is 18.0 Å². The van der Waals surface area contributed by atoms with E-state index in [1.165, 1.54) is 12.8 Å². The van der Waals surface area contributed by atoms with Gasteiger partial charge in [0.05, 0.1) is 10.9 Å². The molecule has 1 atom stereocenters. The topological polar surface area (TPSA) is 55.1 Å². The summed E-state index contributed by atoms with van der Waals surface area (Å²) in [5.41, 5.74) is 1.84. The maximum absolute atomic E-state index is 12.2. The summed E-state index contributed by atoms with van der Waals surface area (Å²) in [6, 6.07) is 10.2. The van der Waals surface area contributed by atoms with Crippen LogP contribution in [-0.4, -0.2) is 22.2 Å². The van der Waals surface area contributed by atoms with E-state index in [4.69, 9.17) is 4.42 Å². The molecule has 0 radical (unpaired) electrons. The van der Waals surface area contributed by atoms with Crippen LogP contribution in [0.3, 0.4) is 0 Å². The van der Waals surface area contributed by atoms with E-state index in [2.05, 4.69) is 10.3 Å². The van der Waals surface area contributed by atoms with Gasteiger partial charge < -0.3 is 9.73 Å². The first-order valence-corrected chi connectivity index (χ1v) is 9.19. The molecule has 122 valence electrons. The van der Waals surface area contributed by atoms with Gasteiger partial charge in [-0.15, -0.1) is 11.8 Å². The smallest absolute Gasteiger partial charge is 0.233 e. The zero-order chi connectivity index (χ0) is 16.1. The summed E-state index contributed by atoms with van der Waals surface area (Å²) in [7, 11) is 0. The van der Waals surface area contributed by atoms with Crippen LogP contribution in [-0.2, 0) is 10.5 Å². The quantitative estimate of drug-likeness (QED) is 0.869. The Hall–Kier alpha value is -1.75. The molecular formula is C18H22N2O2S. The third-order valence-electron chi connectivity index (χ3n) is 4.12. The lowest BCUT2D eigenvalue weighted by atomic mass is 10.2. The molecule has 0 spiro atoms. The minimum atomic E-state index is -0.0764. The van der Waals surface area contributed by atoms with Gasteiger partial charge >= 0.3 is 0 Å². The molecule has 1 aromatic heterocycles. The zero-order valence-corrected chi connectivity index (χ0v) is 14.1. The summed E-state index contributed by atoms with van der Waals surface area (Å²) >= 11 is 1.59. The van der Waals surface area contributed by atoms with Gasteiger partial charge in [-0.3, -0.25) is 4.79 Å². The van der Waals surface area contributed by atoms with Crippen LogP contribution in [0.4, 0.5) is 0 Å². The molecule has 1 aliphatic carbocycles. The van der Waals surface area contributed by atoms with E-state index in [9.17, 15) is 4.79 Å². The second kappa shape index (κ2) is 7.68. The molecule has 5 heteroatoms. The number of nitrogens with one attached hydrogen (secondary N) is 1. The summed E-state index contributed by atoms with van der Waals surface area (Å²) in [5, 5.41) is 3.07. The van der Waals surface area contributed by atoms with Gasteiger partial charge in [0.1, 0.15) is 6.26 Å². The van der Waals surface area contributed by atoms with Gasteiger partial charge in [-0.25, -0.2) is 4.98 Å². The monoisotopic (exact) mass is 330 g/mol. The minimum Gasteiger partial charge on any atom is -0.444 e. The number of hydrogen-bond acceptors (Lipinski definition) is 4. The fraction of sp³-hybridized carbons (Fsp3) is 0.444. The molecule has 1 N–H and O–H groups in total. The number of benzene rings is 1. The second-order valence-corrected chi connectivity index (χ2v) is 7.28. The van der Waals surface area contributed by atoms with Crippen molar-refractivity contribution in [2.45, 2.75) is 49.7 Å². The highest BCUT2D eigenvalue weighted by Crippen LogP contribution is 2.23. The SMILES string of the molecule is CC(SCc1coc(-c2ccccc2)n1)C(=O)NC1CCCC1. The molecular weight excluding hydrogens is 308 g/mol. The normalized spacial score (nSPS) is 16.4. The van der Waals surface area contributed by atoms with Gasteiger partial charge in [0.2, 0.25) is 11.8 Å². The van der Waals surface area contributed by atoms with Gasteiger partial charge in [-0.05, 0) is 31.9 Å². The van der Waals surface area contributed by atoms with E-state index in [0.29, 0.717) is 17.7 Å². The number of carbonyl (C=O) groups is 1. The Bertz CT molecular complexity index is 635. The molecule has 1 aliphatic rings. The van der Waals surface area contributed by atoms with Crippen molar-refractivity contribution >= 4 is 17.7 Å². The van der Waals surface area contributed by atoms with Crippen LogP contribution in [0.15, 0.2) is 41.0 Å². The Morgan fingerprint density at radius 2 is 2.09 bits per heavy atom. The number of hydrogen-bond donors (Lipinski definition) is 1. The molecule has 1 saturated carbocycles. The van der Waals surface area contributed by atoms with Gasteiger partial charge in [0, 0.05) is 17.4 Å². The van der Waals surface area contributed by atoms with Crippen molar-refractivity contribution in [2.75, 3.05) is 0 Å². The highest BCUT2D eigenvalue weighted by Gasteiger charge is 2.21. The Balaban J connectivity index is 1.50. The summed E-state index contributed by atoms with van der Waals surface area (Å²) in [5.74, 6) is 1.44. The fourth-order valence-corrected chi connectivity index (χ4v) is 3.53. The van der Waals surface area contributed by atoms with Crippen molar-refractivity contribution < 1.29 is 9.21 Å². The third-order valence-corrected chi connectivity index (χ3v) is 5.30. The molecule has 1 unspecified atom stereocenters. The van der Waals surface area contributed by atoms with Gasteiger partial charge in [0.25, 0.3) is 0 Å². The lowest BCUT2D eigenvalue weighted by Gasteiger charge is -2.15. The lowest BCUT2D eigenvalue weighted by Crippen LogP contribution is -2.37. The maximum Gasteiger partial charge on any atom is 0.233 e. The Morgan fingerprint density at radius 3 is 2.83 bits per heavy atom. The molecule has 1 fully saturated rings. The Morgan fingerprint density at radius 1 is 1.35 bits per heavy atom. The van der Waals surface area contributed by atoms with Crippen molar-refractivity contribution in [1.29, 1.82) is 0 Å². The van der Waals surface area contributed by atoms with Crippen molar-refractivity contribution in [3.63, 3.8) is 0 Å². The molecule has 2 aromatic rings. The van der Waals surface area contributed by atoms with E-state index in [1.807, 2.05) is 37.3 Å². The number of nitrogens with zero attached hydrogens (tertiary/aromatic N) is 1. The van der Waals surface area contributed by atoms with Crippen LogP contribution >= 0.6 is 11.8 Å². The third kappa shape index (κ3) is 4.38. The largest absolute Gasteiger partial charge is 0.444 e. The first-order chi connectivity index (χ1) is 11.2. The number of rotatable bonds is 6. The highest BCUT2D eigenvalue weighted by molar-refractivity contribution is 7.99. The van der Waals surface area contributed by atoms with Gasteiger partial charge in [-0.1, -0.05) is 31.0 Å². The first-order valence-electron chi connectivity index (χ1n) is 8.14. The van der Waals surface area contributed by atoms with Crippen LogP contribution in [0.25, 0.3) is 11.5 Å². The number of oxazole rings is 1. The summed E-state index contributed by atoms with van der Waals surface area (Å²) in [6.45, 7) is 1.95. The summed E-state index contributed by atoms with van der Waals surface area (Å²) < 4.78 is 5.53. The summed E-state index contributed by atoms with van der Waals surface area (Å²) in [6.07, 6.45) is 6.37. The van der Waals surface area contributed by atoms with Gasteiger partial charge in [-0.2, -0.15) is 0 Å². The second-order valence-electron chi connectivity index (χ2n) is 5.95. The van der Waals surface area contributed by atoms with Crippen molar-refractivity contribution in [1.82, 2.24) is 10.3 Å². The van der Waals surface area contributed by atoms with Crippen molar-refractivity contribution in [2.24, 2.45) is 0 Å². The van der Waals surface area contributed by atoms with Crippen LogP contribution < -0.4 is 5.32 Å². The number of amides is 1. The van der Waals surface area contributed by atoms with Gasteiger partial charge in [0.15, 0.2) is 0 Å².